The summed E-state index contributed by atoms with van der Waals surface area (Å²) < 4.78 is 0. The number of fused-ring (bicyclic) bond motifs is 4. The topological polar surface area (TPSA) is 99.7 Å². The number of benzene rings is 5. The van der Waals surface area contributed by atoms with E-state index in [0.29, 0.717) is 0 Å². The van der Waals surface area contributed by atoms with Crippen LogP contribution < -0.4 is 21.3 Å². The lowest BCUT2D eigenvalue weighted by atomic mass is 10.0. The molecule has 0 atom stereocenters. The molecule has 0 radical (unpaired) electrons. The van der Waals surface area contributed by atoms with Gasteiger partial charge in [-0.1, -0.05) is 58.7 Å². The molecule has 0 fully saturated rings. The largest absolute Gasteiger partial charge is 0.384 e. The molecule has 3 heterocycles. The smallest absolute Gasteiger partial charge is 0.0752 e. The molecule has 0 bridgehead atoms. The van der Waals surface area contributed by atoms with Gasteiger partial charge in [0.2, 0.25) is 0 Å². The van der Waals surface area contributed by atoms with E-state index in [1.165, 1.54) is 93.6 Å². The number of aryl methyl sites for hydroxylation is 8. The van der Waals surface area contributed by atoms with Crippen molar-refractivity contribution in [2.75, 3.05) is 130 Å². The first-order valence-electron chi connectivity index (χ1n) is 27.4. The minimum absolute atomic E-state index is 0.978. The van der Waals surface area contributed by atoms with Crippen LogP contribution in [0.25, 0.3) is 43.2 Å². The van der Waals surface area contributed by atoms with E-state index >= 15 is 0 Å². The van der Waals surface area contributed by atoms with Gasteiger partial charge in [-0.3, -0.25) is 15.0 Å². The molecule has 5 aromatic carbocycles. The molecule has 0 spiro atoms. The quantitative estimate of drug-likeness (QED) is 0.0549. The van der Waals surface area contributed by atoms with Crippen LogP contribution in [0.5, 0.6) is 0 Å². The molecule has 0 saturated heterocycles. The van der Waals surface area contributed by atoms with Crippen molar-refractivity contribution in [2.24, 2.45) is 0 Å². The lowest BCUT2D eigenvalue weighted by Crippen LogP contribution is -2.16. The maximum absolute atomic E-state index is 4.49. The summed E-state index contributed by atoms with van der Waals surface area (Å²) in [6.45, 7) is 25.6. The molecule has 0 aliphatic heterocycles. The summed E-state index contributed by atoms with van der Waals surface area (Å²) in [6.07, 6.45) is 14.2. The molecule has 4 N–H and O–H groups in total. The zero-order valence-electron chi connectivity index (χ0n) is 49.4. The van der Waals surface area contributed by atoms with Crippen LogP contribution in [0.1, 0.15) is 70.2 Å². The number of pyridine rings is 3. The fourth-order valence-electron chi connectivity index (χ4n) is 9.69. The number of nitrogens with zero attached hydrogens (tertiary/aromatic N) is 7. The molecule has 0 aliphatic rings. The molecular formula is C65H93N11. The third-order valence-electron chi connectivity index (χ3n) is 13.4. The molecule has 0 amide bonds. The number of hydrogen-bond donors (Lipinski definition) is 4. The first-order chi connectivity index (χ1) is 36.3. The molecule has 0 aliphatic carbocycles. The van der Waals surface area contributed by atoms with Crippen molar-refractivity contribution in [1.82, 2.24) is 34.6 Å². The summed E-state index contributed by atoms with van der Waals surface area (Å²) in [5.74, 6) is 0. The maximum Gasteiger partial charge on any atom is 0.0752 e. The minimum Gasteiger partial charge on any atom is -0.384 e. The highest BCUT2D eigenvalue weighted by Gasteiger charge is 2.09. The van der Waals surface area contributed by atoms with Gasteiger partial charge in [0.05, 0.1) is 29.3 Å². The Kier molecular flexibility index (Phi) is 24.2. The third-order valence-corrected chi connectivity index (χ3v) is 13.4. The van der Waals surface area contributed by atoms with Gasteiger partial charge in [0, 0.05) is 88.5 Å². The van der Waals surface area contributed by atoms with E-state index in [4.69, 9.17) is 0 Å². The van der Waals surface area contributed by atoms with Gasteiger partial charge in [0.25, 0.3) is 0 Å². The van der Waals surface area contributed by atoms with Crippen LogP contribution in [-0.4, -0.2) is 143 Å². The van der Waals surface area contributed by atoms with Crippen LogP contribution in [0.4, 0.5) is 22.7 Å². The summed E-state index contributed by atoms with van der Waals surface area (Å²) >= 11 is 0. The molecule has 8 aromatic rings. The van der Waals surface area contributed by atoms with E-state index in [0.717, 1.165) is 94.9 Å². The van der Waals surface area contributed by atoms with Gasteiger partial charge >= 0.3 is 0 Å². The van der Waals surface area contributed by atoms with E-state index in [2.05, 4.69) is 240 Å². The second-order valence-corrected chi connectivity index (χ2v) is 21.9. The highest BCUT2D eigenvalue weighted by Crippen LogP contribution is 2.30. The summed E-state index contributed by atoms with van der Waals surface area (Å²) in [4.78, 5) is 22.0. The fraction of sp³-hybridized carbons (Fsp3) is 0.431. The van der Waals surface area contributed by atoms with Crippen LogP contribution in [0.2, 0.25) is 0 Å². The maximum atomic E-state index is 4.49. The van der Waals surface area contributed by atoms with Crippen LogP contribution in [0.15, 0.2) is 104 Å². The molecule has 11 heteroatoms. The molecular weight excluding hydrogens is 935 g/mol. The van der Waals surface area contributed by atoms with Crippen molar-refractivity contribution in [2.45, 2.75) is 81.1 Å². The van der Waals surface area contributed by atoms with Crippen LogP contribution in [0.3, 0.4) is 0 Å². The zero-order chi connectivity index (χ0) is 55.3. The summed E-state index contributed by atoms with van der Waals surface area (Å²) in [6, 6.07) is 26.4. The second-order valence-electron chi connectivity index (χ2n) is 21.9. The highest BCUT2D eigenvalue weighted by atomic mass is 15.1. The first-order valence-corrected chi connectivity index (χ1v) is 27.4. The van der Waals surface area contributed by atoms with Gasteiger partial charge in [-0.05, 0) is 228 Å². The SMILES string of the molecule is Cc1cc(C)c2cccc(NCCCN(C)C)c2c1.Cc1cc(C)c2cncc(NCCCN(C)C)c2c1.Cc1cc(C)c2cncc(NCCCN(C)C)c2c1.Cc1cc(C)c2nccc(NCCCN(C)C)c2c1. The zero-order valence-corrected chi connectivity index (χ0v) is 49.4. The van der Waals surface area contributed by atoms with Crippen LogP contribution in [-0.2, 0) is 0 Å². The van der Waals surface area contributed by atoms with Crippen molar-refractivity contribution >= 4 is 66.0 Å². The predicted octanol–water partition coefficient (Wildman–Crippen LogP) is 13.5. The number of anilines is 4. The molecule has 8 rings (SSSR count). The Balaban J connectivity index is 0.000000187. The van der Waals surface area contributed by atoms with E-state index in [1.54, 1.807) is 0 Å². The van der Waals surface area contributed by atoms with Gasteiger partial charge in [0.1, 0.15) is 0 Å². The summed E-state index contributed by atoms with van der Waals surface area (Å²) in [5.41, 5.74) is 16.2. The summed E-state index contributed by atoms with van der Waals surface area (Å²) in [7, 11) is 16.9. The van der Waals surface area contributed by atoms with E-state index in [1.807, 2.05) is 31.0 Å². The Bertz CT molecular complexity index is 2660. The Morgan fingerprint density at radius 1 is 0.342 bits per heavy atom. The normalized spacial score (nSPS) is 11.2. The van der Waals surface area contributed by atoms with Crippen molar-refractivity contribution in [3.8, 4) is 0 Å². The molecule has 408 valence electrons. The first kappa shape index (κ1) is 60.5. The van der Waals surface area contributed by atoms with Gasteiger partial charge in [-0.2, -0.15) is 0 Å². The average molecular weight is 1030 g/mol. The average Bonchev–Trinajstić information content (AvgIpc) is 3.36. The van der Waals surface area contributed by atoms with E-state index in [-0.39, 0.29) is 0 Å². The molecule has 11 nitrogen and oxygen atoms in total. The highest BCUT2D eigenvalue weighted by molar-refractivity contribution is 5.98. The van der Waals surface area contributed by atoms with Gasteiger partial charge < -0.3 is 40.9 Å². The molecule has 76 heavy (non-hydrogen) atoms. The summed E-state index contributed by atoms with van der Waals surface area (Å²) in [5, 5.41) is 23.1. The van der Waals surface area contributed by atoms with Crippen LogP contribution in [0, 0.1) is 55.4 Å². The lowest BCUT2D eigenvalue weighted by molar-refractivity contribution is 0.405. The third kappa shape index (κ3) is 19.0. The van der Waals surface area contributed by atoms with Crippen molar-refractivity contribution < 1.29 is 0 Å². The molecule has 0 unspecified atom stereocenters. The van der Waals surface area contributed by atoms with Crippen LogP contribution >= 0.6 is 0 Å². The van der Waals surface area contributed by atoms with Crippen molar-refractivity contribution in [3.05, 3.63) is 148 Å². The standard InChI is InChI=1S/C17H24N2.3C16H23N3/c1-13-11-14(2)15-7-5-8-17(16(15)12-13)18-9-6-10-19(3)4;1-12-10-13(2)16-14(11-12)15(6-8-18-16)17-7-5-9-19(3)4;2*1-12-8-13(2)15-10-17-11-16(14(15)9-12)18-6-5-7-19(3)4/h5,7-8,11-12,18H,6,9-10H2,1-4H3;6,8,10-11H,5,7,9H2,1-4H3,(H,17,18);2*8-11,18H,5-7H2,1-4H3. The minimum atomic E-state index is 0.978. The molecule has 0 saturated carbocycles. The van der Waals surface area contributed by atoms with E-state index in [9.17, 15) is 0 Å². The predicted molar refractivity (Wildman–Crippen MR) is 334 cm³/mol. The van der Waals surface area contributed by atoms with Crippen molar-refractivity contribution in [1.29, 1.82) is 0 Å². The fourth-order valence-corrected chi connectivity index (χ4v) is 9.69. The van der Waals surface area contributed by atoms with Gasteiger partial charge in [-0.15, -0.1) is 0 Å². The number of nitrogens with one attached hydrogen (secondary N) is 4. The number of aromatic nitrogens is 3. The number of hydrogen-bond acceptors (Lipinski definition) is 11. The Morgan fingerprint density at radius 2 is 0.684 bits per heavy atom. The van der Waals surface area contributed by atoms with Gasteiger partial charge in [0.15, 0.2) is 0 Å². The van der Waals surface area contributed by atoms with Gasteiger partial charge in [-0.25, -0.2) is 0 Å². The van der Waals surface area contributed by atoms with E-state index < -0.39 is 0 Å². The Hall–Kier alpha value is -6.37. The number of rotatable bonds is 20. The second kappa shape index (κ2) is 30.4. The Morgan fingerprint density at radius 3 is 1.09 bits per heavy atom. The monoisotopic (exact) mass is 1030 g/mol. The van der Waals surface area contributed by atoms with Crippen molar-refractivity contribution in [3.63, 3.8) is 0 Å². The Labute approximate surface area is 457 Å². The molecule has 3 aromatic heterocycles. The lowest BCUT2D eigenvalue weighted by Gasteiger charge is -2.13.